The monoisotopic (exact) mass is 370 g/mol. The van der Waals surface area contributed by atoms with Crippen molar-refractivity contribution in [3.8, 4) is 5.75 Å². The van der Waals surface area contributed by atoms with Crippen molar-refractivity contribution in [3.05, 3.63) is 75.6 Å². The zero-order valence-electron chi connectivity index (χ0n) is 14.8. The minimum Gasteiger partial charge on any atom is -0.489 e. The lowest BCUT2D eigenvalue weighted by molar-refractivity contribution is 0.101. The van der Waals surface area contributed by atoms with E-state index in [1.54, 1.807) is 31.2 Å². The molecular formula is C20H19ClN2O3. The molecule has 26 heavy (non-hydrogen) atoms. The molecular weight excluding hydrogens is 352 g/mol. The smallest absolute Gasteiger partial charge is 0.278 e. The SMILES string of the molecule is Cc1cc(C)cc(NC(=O)c2noc(C)c2COc2cccc(Cl)c2)c1. The van der Waals surface area contributed by atoms with Gasteiger partial charge in [-0.1, -0.05) is 28.9 Å². The average Bonchev–Trinajstić information content (AvgIpc) is 2.93. The van der Waals surface area contributed by atoms with Crippen LogP contribution in [0.15, 0.2) is 47.0 Å². The van der Waals surface area contributed by atoms with Crippen molar-refractivity contribution in [2.45, 2.75) is 27.4 Å². The highest BCUT2D eigenvalue weighted by Gasteiger charge is 2.20. The molecule has 0 saturated heterocycles. The van der Waals surface area contributed by atoms with Crippen molar-refractivity contribution in [1.82, 2.24) is 5.16 Å². The molecule has 0 fully saturated rings. The van der Waals surface area contributed by atoms with E-state index >= 15 is 0 Å². The highest BCUT2D eigenvalue weighted by atomic mass is 35.5. The largest absolute Gasteiger partial charge is 0.489 e. The van der Waals surface area contributed by atoms with Crippen molar-refractivity contribution in [2.75, 3.05) is 5.32 Å². The normalized spacial score (nSPS) is 10.6. The van der Waals surface area contributed by atoms with Gasteiger partial charge in [0.25, 0.3) is 5.91 Å². The molecule has 6 heteroatoms. The Hall–Kier alpha value is -2.79. The maximum Gasteiger partial charge on any atom is 0.278 e. The number of nitrogens with one attached hydrogen (secondary N) is 1. The topological polar surface area (TPSA) is 64.4 Å². The number of ether oxygens (including phenoxy) is 1. The van der Waals surface area contributed by atoms with E-state index in [-0.39, 0.29) is 18.2 Å². The minimum absolute atomic E-state index is 0.158. The van der Waals surface area contributed by atoms with Crippen LogP contribution in [0.5, 0.6) is 5.75 Å². The summed E-state index contributed by atoms with van der Waals surface area (Å²) in [7, 11) is 0. The Kier molecular flexibility index (Phi) is 5.28. The Morgan fingerprint density at radius 2 is 1.88 bits per heavy atom. The molecule has 0 bridgehead atoms. The maximum absolute atomic E-state index is 12.6. The number of carbonyl (C=O) groups excluding carboxylic acids is 1. The molecule has 2 aromatic carbocycles. The summed E-state index contributed by atoms with van der Waals surface area (Å²) in [5.41, 5.74) is 3.67. The molecule has 0 unspecified atom stereocenters. The number of rotatable bonds is 5. The van der Waals surface area contributed by atoms with E-state index in [0.29, 0.717) is 22.1 Å². The highest BCUT2D eigenvalue weighted by molar-refractivity contribution is 6.30. The van der Waals surface area contributed by atoms with Gasteiger partial charge in [0.15, 0.2) is 5.69 Å². The Labute approximate surface area is 156 Å². The second kappa shape index (κ2) is 7.62. The molecule has 1 N–H and O–H groups in total. The van der Waals surface area contributed by atoms with Crippen molar-refractivity contribution >= 4 is 23.2 Å². The molecule has 0 aliphatic rings. The molecule has 134 valence electrons. The van der Waals surface area contributed by atoms with Crippen LogP contribution in [0, 0.1) is 20.8 Å². The van der Waals surface area contributed by atoms with E-state index in [0.717, 1.165) is 16.8 Å². The van der Waals surface area contributed by atoms with Gasteiger partial charge in [-0.3, -0.25) is 4.79 Å². The fraction of sp³-hybridized carbons (Fsp3) is 0.200. The first-order valence-electron chi connectivity index (χ1n) is 8.15. The third kappa shape index (κ3) is 4.24. The van der Waals surface area contributed by atoms with Crippen LogP contribution in [0.25, 0.3) is 0 Å². The number of anilines is 1. The zero-order valence-corrected chi connectivity index (χ0v) is 15.6. The van der Waals surface area contributed by atoms with Gasteiger partial charge in [0, 0.05) is 10.7 Å². The number of halogens is 1. The van der Waals surface area contributed by atoms with Crippen LogP contribution >= 0.6 is 11.6 Å². The van der Waals surface area contributed by atoms with Crippen molar-refractivity contribution < 1.29 is 14.1 Å². The summed E-state index contributed by atoms with van der Waals surface area (Å²) in [5.74, 6) is 0.813. The molecule has 1 aromatic heterocycles. The summed E-state index contributed by atoms with van der Waals surface area (Å²) in [6, 6.07) is 12.9. The minimum atomic E-state index is -0.337. The third-order valence-electron chi connectivity index (χ3n) is 3.86. The molecule has 0 atom stereocenters. The molecule has 0 radical (unpaired) electrons. The summed E-state index contributed by atoms with van der Waals surface area (Å²) in [6.45, 7) is 5.86. The van der Waals surface area contributed by atoms with Crippen LogP contribution in [0.4, 0.5) is 5.69 Å². The van der Waals surface area contributed by atoms with E-state index in [4.69, 9.17) is 20.9 Å². The molecule has 5 nitrogen and oxygen atoms in total. The molecule has 3 aromatic rings. The van der Waals surface area contributed by atoms with E-state index < -0.39 is 0 Å². The van der Waals surface area contributed by atoms with Crippen LogP contribution in [-0.2, 0) is 6.61 Å². The standard InChI is InChI=1S/C20H19ClN2O3/c1-12-7-13(2)9-16(8-12)22-20(24)19-18(14(3)26-23-19)11-25-17-6-4-5-15(21)10-17/h4-10H,11H2,1-3H3,(H,22,24). The first-order chi connectivity index (χ1) is 12.4. The predicted octanol–water partition coefficient (Wildman–Crippen LogP) is 5.08. The number of hydrogen-bond donors (Lipinski definition) is 1. The summed E-state index contributed by atoms with van der Waals surface area (Å²) in [4.78, 5) is 12.6. The summed E-state index contributed by atoms with van der Waals surface area (Å²) in [5, 5.41) is 7.34. The number of carbonyl (C=O) groups is 1. The molecule has 1 amide bonds. The van der Waals surface area contributed by atoms with Gasteiger partial charge >= 0.3 is 0 Å². The van der Waals surface area contributed by atoms with Crippen LogP contribution in [0.1, 0.15) is 32.9 Å². The van der Waals surface area contributed by atoms with Crippen molar-refractivity contribution in [3.63, 3.8) is 0 Å². The van der Waals surface area contributed by atoms with Gasteiger partial charge in [-0.2, -0.15) is 0 Å². The third-order valence-corrected chi connectivity index (χ3v) is 4.09. The number of aromatic nitrogens is 1. The summed E-state index contributed by atoms with van der Waals surface area (Å²) >= 11 is 5.96. The molecule has 0 spiro atoms. The molecule has 3 rings (SSSR count). The molecule has 1 heterocycles. The Balaban J connectivity index is 1.77. The van der Waals surface area contributed by atoms with Gasteiger partial charge in [0.2, 0.25) is 0 Å². The molecule has 0 aliphatic carbocycles. The Morgan fingerprint density at radius 1 is 1.15 bits per heavy atom. The number of amides is 1. The van der Waals surface area contributed by atoms with E-state index in [9.17, 15) is 4.79 Å². The second-order valence-electron chi connectivity index (χ2n) is 6.14. The Bertz CT molecular complexity index is 930. The first-order valence-corrected chi connectivity index (χ1v) is 8.53. The van der Waals surface area contributed by atoms with Crippen LogP contribution < -0.4 is 10.1 Å². The van der Waals surface area contributed by atoms with E-state index in [1.165, 1.54) is 0 Å². The highest BCUT2D eigenvalue weighted by Crippen LogP contribution is 2.22. The quantitative estimate of drug-likeness (QED) is 0.679. The van der Waals surface area contributed by atoms with E-state index in [2.05, 4.69) is 10.5 Å². The van der Waals surface area contributed by atoms with Crippen molar-refractivity contribution in [1.29, 1.82) is 0 Å². The van der Waals surface area contributed by atoms with Gasteiger partial charge in [0.1, 0.15) is 18.1 Å². The van der Waals surface area contributed by atoms with Gasteiger partial charge in [-0.15, -0.1) is 0 Å². The lowest BCUT2D eigenvalue weighted by Gasteiger charge is -2.09. The molecule has 0 aliphatic heterocycles. The molecule has 0 saturated carbocycles. The van der Waals surface area contributed by atoms with Gasteiger partial charge < -0.3 is 14.6 Å². The van der Waals surface area contributed by atoms with E-state index in [1.807, 2.05) is 32.0 Å². The number of hydrogen-bond acceptors (Lipinski definition) is 4. The number of aryl methyl sites for hydroxylation is 3. The fourth-order valence-corrected chi connectivity index (χ4v) is 2.87. The average molecular weight is 371 g/mol. The van der Waals surface area contributed by atoms with Crippen LogP contribution in [-0.4, -0.2) is 11.1 Å². The lowest BCUT2D eigenvalue weighted by atomic mass is 10.1. The Morgan fingerprint density at radius 3 is 2.58 bits per heavy atom. The van der Waals surface area contributed by atoms with Gasteiger partial charge in [-0.05, 0) is 62.2 Å². The lowest BCUT2D eigenvalue weighted by Crippen LogP contribution is -2.15. The van der Waals surface area contributed by atoms with Gasteiger partial charge in [-0.25, -0.2) is 0 Å². The second-order valence-corrected chi connectivity index (χ2v) is 6.58. The fourth-order valence-electron chi connectivity index (χ4n) is 2.69. The zero-order chi connectivity index (χ0) is 18.7. The summed E-state index contributed by atoms with van der Waals surface area (Å²) in [6.07, 6.45) is 0. The maximum atomic E-state index is 12.6. The first kappa shape index (κ1) is 18.0. The predicted molar refractivity (Wildman–Crippen MR) is 101 cm³/mol. The van der Waals surface area contributed by atoms with Crippen LogP contribution in [0.2, 0.25) is 5.02 Å². The van der Waals surface area contributed by atoms with Crippen molar-refractivity contribution in [2.24, 2.45) is 0 Å². The van der Waals surface area contributed by atoms with Gasteiger partial charge in [0.05, 0.1) is 5.56 Å². The number of nitrogens with zero attached hydrogens (tertiary/aromatic N) is 1. The van der Waals surface area contributed by atoms with Crippen LogP contribution in [0.3, 0.4) is 0 Å². The number of benzene rings is 2. The summed E-state index contributed by atoms with van der Waals surface area (Å²) < 4.78 is 10.9.